The zero-order valence-corrected chi connectivity index (χ0v) is 10.9. The molecule has 0 saturated heterocycles. The van der Waals surface area contributed by atoms with Gasteiger partial charge in [0, 0.05) is 5.33 Å². The van der Waals surface area contributed by atoms with Crippen molar-refractivity contribution in [3.05, 3.63) is 28.8 Å². The Labute approximate surface area is 106 Å². The molecule has 0 bridgehead atoms. The van der Waals surface area contributed by atoms with E-state index in [2.05, 4.69) is 25.4 Å². The highest BCUT2D eigenvalue weighted by Crippen LogP contribution is 2.27. The highest BCUT2D eigenvalue weighted by atomic mass is 79.9. The van der Waals surface area contributed by atoms with Gasteiger partial charge < -0.3 is 9.47 Å². The predicted molar refractivity (Wildman–Crippen MR) is 61.8 cm³/mol. The summed E-state index contributed by atoms with van der Waals surface area (Å²) < 4.78 is 33.4. The SMILES string of the molecule is COC(=O)c1c(C)cc(CBr)cc1OC(F)F. The van der Waals surface area contributed by atoms with Crippen LogP contribution in [0.2, 0.25) is 0 Å². The Hall–Kier alpha value is -1.17. The van der Waals surface area contributed by atoms with Crippen molar-refractivity contribution in [2.24, 2.45) is 0 Å². The Bertz CT molecular complexity index is 421. The smallest absolute Gasteiger partial charge is 0.387 e. The lowest BCUT2D eigenvalue weighted by Crippen LogP contribution is -2.11. The van der Waals surface area contributed by atoms with Gasteiger partial charge in [0.05, 0.1) is 7.11 Å². The molecule has 0 N–H and O–H groups in total. The second-order valence-corrected chi connectivity index (χ2v) is 3.85. The van der Waals surface area contributed by atoms with Crippen molar-refractivity contribution in [3.63, 3.8) is 0 Å². The van der Waals surface area contributed by atoms with Crippen LogP contribution in [0, 0.1) is 6.92 Å². The molecular weight excluding hydrogens is 298 g/mol. The topological polar surface area (TPSA) is 35.5 Å². The molecule has 0 aliphatic carbocycles. The van der Waals surface area contributed by atoms with Crippen molar-refractivity contribution in [2.75, 3.05) is 7.11 Å². The summed E-state index contributed by atoms with van der Waals surface area (Å²) in [7, 11) is 1.19. The van der Waals surface area contributed by atoms with Crippen LogP contribution >= 0.6 is 15.9 Å². The van der Waals surface area contributed by atoms with Crippen molar-refractivity contribution < 1.29 is 23.0 Å². The van der Waals surface area contributed by atoms with E-state index in [4.69, 9.17) is 0 Å². The molecule has 0 amide bonds. The molecule has 0 radical (unpaired) electrons. The third-order valence-electron chi connectivity index (χ3n) is 2.12. The summed E-state index contributed by atoms with van der Waals surface area (Å²) in [6.45, 7) is -1.35. The monoisotopic (exact) mass is 308 g/mol. The largest absolute Gasteiger partial charge is 0.465 e. The molecule has 0 atom stereocenters. The summed E-state index contributed by atoms with van der Waals surface area (Å²) in [6.07, 6.45) is 0. The lowest BCUT2D eigenvalue weighted by Gasteiger charge is -2.13. The van der Waals surface area contributed by atoms with E-state index in [0.717, 1.165) is 5.56 Å². The Morgan fingerprint density at radius 3 is 2.59 bits per heavy atom. The summed E-state index contributed by atoms with van der Waals surface area (Å²) in [4.78, 5) is 11.5. The molecule has 3 nitrogen and oxygen atoms in total. The lowest BCUT2D eigenvalue weighted by atomic mass is 10.0. The molecule has 0 aliphatic heterocycles. The van der Waals surface area contributed by atoms with Crippen molar-refractivity contribution in [1.82, 2.24) is 0 Å². The summed E-state index contributed by atoms with van der Waals surface area (Å²) in [6, 6.07) is 3.10. The maximum Gasteiger partial charge on any atom is 0.387 e. The molecular formula is C11H11BrF2O3. The van der Waals surface area contributed by atoms with Crippen LogP contribution in [0.15, 0.2) is 12.1 Å². The molecule has 0 unspecified atom stereocenters. The molecule has 0 spiro atoms. The number of alkyl halides is 3. The van der Waals surface area contributed by atoms with E-state index in [1.165, 1.54) is 13.2 Å². The lowest BCUT2D eigenvalue weighted by molar-refractivity contribution is -0.0504. The first-order chi connectivity index (χ1) is 7.99. The number of rotatable bonds is 4. The van der Waals surface area contributed by atoms with Crippen LogP contribution < -0.4 is 4.74 Å². The van der Waals surface area contributed by atoms with E-state index in [0.29, 0.717) is 10.9 Å². The normalized spacial score (nSPS) is 10.5. The first-order valence-electron chi connectivity index (χ1n) is 4.72. The minimum absolute atomic E-state index is 0.0255. The second-order valence-electron chi connectivity index (χ2n) is 3.29. The van der Waals surface area contributed by atoms with E-state index in [1.807, 2.05) is 0 Å². The number of halogens is 3. The first kappa shape index (κ1) is 13.9. The standard InChI is InChI=1S/C11H11BrF2O3/c1-6-3-7(5-12)4-8(17-11(13)14)9(6)10(15)16-2/h3-4,11H,5H2,1-2H3. The molecule has 0 saturated carbocycles. The summed E-state index contributed by atoms with van der Waals surface area (Å²) >= 11 is 3.21. The number of esters is 1. The van der Waals surface area contributed by atoms with Crippen LogP contribution in [0.4, 0.5) is 8.78 Å². The Morgan fingerprint density at radius 2 is 2.12 bits per heavy atom. The second kappa shape index (κ2) is 5.95. The zero-order chi connectivity index (χ0) is 13.0. The van der Waals surface area contributed by atoms with E-state index in [-0.39, 0.29) is 11.3 Å². The molecule has 1 aromatic rings. The summed E-state index contributed by atoms with van der Waals surface area (Å²) in [5.41, 5.74) is 1.30. The van der Waals surface area contributed by atoms with Gasteiger partial charge in [0.25, 0.3) is 0 Å². The van der Waals surface area contributed by atoms with Crippen LogP contribution in [0.25, 0.3) is 0 Å². The maximum absolute atomic E-state index is 12.2. The third kappa shape index (κ3) is 3.39. The van der Waals surface area contributed by atoms with Gasteiger partial charge in [-0.05, 0) is 24.1 Å². The molecule has 0 heterocycles. The quantitative estimate of drug-likeness (QED) is 0.632. The minimum atomic E-state index is -2.98. The molecule has 0 aliphatic rings. The van der Waals surface area contributed by atoms with E-state index >= 15 is 0 Å². The molecule has 0 fully saturated rings. The fraction of sp³-hybridized carbons (Fsp3) is 0.364. The maximum atomic E-state index is 12.2. The average molecular weight is 309 g/mol. The number of benzene rings is 1. The molecule has 0 aromatic heterocycles. The van der Waals surface area contributed by atoms with Gasteiger partial charge in [0.15, 0.2) is 0 Å². The zero-order valence-electron chi connectivity index (χ0n) is 9.30. The van der Waals surface area contributed by atoms with Gasteiger partial charge in [-0.2, -0.15) is 8.78 Å². The van der Waals surface area contributed by atoms with Crippen LogP contribution in [0.1, 0.15) is 21.5 Å². The number of carbonyl (C=O) groups is 1. The number of hydrogen-bond acceptors (Lipinski definition) is 3. The van der Waals surface area contributed by atoms with Crippen LogP contribution in [-0.2, 0) is 10.1 Å². The predicted octanol–water partition coefficient (Wildman–Crippen LogP) is 3.28. The van der Waals surface area contributed by atoms with Crippen molar-refractivity contribution in [2.45, 2.75) is 18.9 Å². The fourth-order valence-corrected chi connectivity index (χ4v) is 1.78. The van der Waals surface area contributed by atoms with Gasteiger partial charge in [-0.1, -0.05) is 22.0 Å². The first-order valence-corrected chi connectivity index (χ1v) is 5.84. The molecule has 1 rings (SSSR count). The molecule has 1 aromatic carbocycles. The van der Waals surface area contributed by atoms with Gasteiger partial charge in [0.2, 0.25) is 0 Å². The molecule has 6 heteroatoms. The average Bonchev–Trinajstić information content (AvgIpc) is 2.26. The van der Waals surface area contributed by atoms with Gasteiger partial charge in [-0.25, -0.2) is 4.79 Å². The highest BCUT2D eigenvalue weighted by molar-refractivity contribution is 9.08. The number of aryl methyl sites for hydroxylation is 1. The fourth-order valence-electron chi connectivity index (χ4n) is 1.46. The Kier molecular flexibility index (Phi) is 4.86. The number of carbonyl (C=O) groups excluding carboxylic acids is 1. The minimum Gasteiger partial charge on any atom is -0.465 e. The summed E-state index contributed by atoms with van der Waals surface area (Å²) in [5.74, 6) is -0.861. The number of ether oxygens (including phenoxy) is 2. The van der Waals surface area contributed by atoms with Gasteiger partial charge >= 0.3 is 12.6 Å². The van der Waals surface area contributed by atoms with E-state index in [1.54, 1.807) is 13.0 Å². The molecule has 17 heavy (non-hydrogen) atoms. The Morgan fingerprint density at radius 1 is 1.47 bits per heavy atom. The van der Waals surface area contributed by atoms with E-state index < -0.39 is 12.6 Å². The number of hydrogen-bond donors (Lipinski definition) is 0. The van der Waals surface area contributed by atoms with Gasteiger partial charge in [0.1, 0.15) is 11.3 Å². The van der Waals surface area contributed by atoms with Crippen molar-refractivity contribution >= 4 is 21.9 Å². The molecule has 94 valence electrons. The van der Waals surface area contributed by atoms with Gasteiger partial charge in [-0.15, -0.1) is 0 Å². The van der Waals surface area contributed by atoms with Crippen LogP contribution in [-0.4, -0.2) is 19.7 Å². The number of methoxy groups -OCH3 is 1. The highest BCUT2D eigenvalue weighted by Gasteiger charge is 2.19. The van der Waals surface area contributed by atoms with Crippen molar-refractivity contribution in [1.29, 1.82) is 0 Å². The van der Waals surface area contributed by atoms with E-state index in [9.17, 15) is 13.6 Å². The van der Waals surface area contributed by atoms with Crippen LogP contribution in [0.5, 0.6) is 5.75 Å². The van der Waals surface area contributed by atoms with Crippen LogP contribution in [0.3, 0.4) is 0 Å². The van der Waals surface area contributed by atoms with Crippen molar-refractivity contribution in [3.8, 4) is 5.75 Å². The van der Waals surface area contributed by atoms with Gasteiger partial charge in [-0.3, -0.25) is 0 Å². The Balaban J connectivity index is 3.29. The summed E-state index contributed by atoms with van der Waals surface area (Å²) in [5, 5.41) is 0.481. The third-order valence-corrected chi connectivity index (χ3v) is 2.77.